The van der Waals surface area contributed by atoms with Crippen LogP contribution < -0.4 is 10.6 Å². The summed E-state index contributed by atoms with van der Waals surface area (Å²) in [6.45, 7) is 2.87. The van der Waals surface area contributed by atoms with Crippen LogP contribution in [0.5, 0.6) is 0 Å². The first-order valence-corrected chi connectivity index (χ1v) is 7.85. The summed E-state index contributed by atoms with van der Waals surface area (Å²) in [6, 6.07) is 8.91. The molecule has 0 radical (unpaired) electrons. The Morgan fingerprint density at radius 2 is 2.05 bits per heavy atom. The van der Waals surface area contributed by atoms with E-state index in [1.165, 1.54) is 24.0 Å². The van der Waals surface area contributed by atoms with Gasteiger partial charge in [-0.1, -0.05) is 37.1 Å². The molecule has 2 unspecified atom stereocenters. The standard InChI is InChI=1S/C17H24N2O/c1-12(17(20)19-15-7-3-4-8-15)18-11-14-10-13-6-2-5-9-16(13)14/h2,5-6,9,12,14-15,18H,3-4,7-8,10-11H2,1H3,(H,19,20). The van der Waals surface area contributed by atoms with Crippen molar-refractivity contribution in [2.24, 2.45) is 0 Å². The molecule has 1 aromatic rings. The third-order valence-corrected chi connectivity index (χ3v) is 4.73. The fourth-order valence-electron chi connectivity index (χ4n) is 3.35. The van der Waals surface area contributed by atoms with Crippen molar-refractivity contribution < 1.29 is 4.79 Å². The zero-order valence-corrected chi connectivity index (χ0v) is 12.2. The molecule has 0 aliphatic heterocycles. The second kappa shape index (κ2) is 5.96. The largest absolute Gasteiger partial charge is 0.352 e. The van der Waals surface area contributed by atoms with Crippen LogP contribution in [0.4, 0.5) is 0 Å². The molecule has 1 amide bonds. The van der Waals surface area contributed by atoms with Gasteiger partial charge in [0.2, 0.25) is 5.91 Å². The lowest BCUT2D eigenvalue weighted by Gasteiger charge is -2.31. The third-order valence-electron chi connectivity index (χ3n) is 4.73. The van der Waals surface area contributed by atoms with Gasteiger partial charge < -0.3 is 10.6 Å². The Kier molecular flexibility index (Phi) is 4.06. The Bertz CT molecular complexity index is 480. The summed E-state index contributed by atoms with van der Waals surface area (Å²) in [5, 5.41) is 6.54. The van der Waals surface area contributed by atoms with Crippen molar-refractivity contribution >= 4 is 5.91 Å². The highest BCUT2D eigenvalue weighted by atomic mass is 16.2. The van der Waals surface area contributed by atoms with E-state index in [2.05, 4.69) is 34.9 Å². The van der Waals surface area contributed by atoms with Crippen molar-refractivity contribution in [3.8, 4) is 0 Å². The number of amides is 1. The topological polar surface area (TPSA) is 41.1 Å². The first-order valence-electron chi connectivity index (χ1n) is 7.85. The number of benzene rings is 1. The molecule has 3 rings (SSSR count). The molecule has 108 valence electrons. The van der Waals surface area contributed by atoms with Gasteiger partial charge in [-0.05, 0) is 37.3 Å². The number of hydrogen-bond donors (Lipinski definition) is 2. The van der Waals surface area contributed by atoms with Crippen LogP contribution in [0.2, 0.25) is 0 Å². The molecular weight excluding hydrogens is 248 g/mol. The maximum Gasteiger partial charge on any atom is 0.237 e. The molecule has 3 heteroatoms. The van der Waals surface area contributed by atoms with E-state index >= 15 is 0 Å². The molecule has 1 fully saturated rings. The first-order chi connectivity index (χ1) is 9.74. The number of nitrogens with one attached hydrogen (secondary N) is 2. The van der Waals surface area contributed by atoms with Crippen LogP contribution in [0.25, 0.3) is 0 Å². The number of carbonyl (C=O) groups is 1. The lowest BCUT2D eigenvalue weighted by atomic mass is 9.77. The Hall–Kier alpha value is -1.35. The molecule has 2 aliphatic carbocycles. The van der Waals surface area contributed by atoms with Gasteiger partial charge in [0.25, 0.3) is 0 Å². The summed E-state index contributed by atoms with van der Waals surface area (Å²) in [7, 11) is 0. The van der Waals surface area contributed by atoms with E-state index in [9.17, 15) is 4.79 Å². The van der Waals surface area contributed by atoms with Crippen LogP contribution in [0.15, 0.2) is 24.3 Å². The molecule has 1 saturated carbocycles. The van der Waals surface area contributed by atoms with Crippen LogP contribution in [0.3, 0.4) is 0 Å². The number of fused-ring (bicyclic) bond motifs is 1. The zero-order chi connectivity index (χ0) is 13.9. The first kappa shape index (κ1) is 13.6. The summed E-state index contributed by atoms with van der Waals surface area (Å²) in [5.74, 6) is 0.734. The predicted octanol–water partition coefficient (Wildman–Crippen LogP) is 2.36. The zero-order valence-electron chi connectivity index (χ0n) is 12.2. The second-order valence-electron chi connectivity index (χ2n) is 6.22. The van der Waals surface area contributed by atoms with Gasteiger partial charge in [-0.15, -0.1) is 0 Å². The molecule has 2 atom stereocenters. The molecule has 3 nitrogen and oxygen atoms in total. The minimum atomic E-state index is -0.0941. The van der Waals surface area contributed by atoms with E-state index in [-0.39, 0.29) is 11.9 Å². The van der Waals surface area contributed by atoms with Gasteiger partial charge in [0, 0.05) is 18.5 Å². The molecule has 0 bridgehead atoms. The van der Waals surface area contributed by atoms with Gasteiger partial charge >= 0.3 is 0 Å². The van der Waals surface area contributed by atoms with E-state index < -0.39 is 0 Å². The molecule has 0 aromatic heterocycles. The van der Waals surface area contributed by atoms with Gasteiger partial charge in [-0.3, -0.25) is 4.79 Å². The monoisotopic (exact) mass is 272 g/mol. The Balaban J connectivity index is 1.43. The summed E-state index contributed by atoms with van der Waals surface area (Å²) in [4.78, 5) is 12.1. The normalized spacial score (nSPS) is 22.9. The Morgan fingerprint density at radius 3 is 2.80 bits per heavy atom. The highest BCUT2D eigenvalue weighted by molar-refractivity contribution is 5.81. The highest BCUT2D eigenvalue weighted by Gasteiger charge is 2.26. The van der Waals surface area contributed by atoms with Crippen molar-refractivity contribution in [2.45, 2.75) is 57.0 Å². The molecular formula is C17H24N2O. The van der Waals surface area contributed by atoms with Gasteiger partial charge in [-0.25, -0.2) is 0 Å². The third kappa shape index (κ3) is 2.88. The smallest absolute Gasteiger partial charge is 0.237 e. The summed E-state index contributed by atoms with van der Waals surface area (Å²) in [6.07, 6.45) is 5.94. The lowest BCUT2D eigenvalue weighted by molar-refractivity contribution is -0.123. The summed E-state index contributed by atoms with van der Waals surface area (Å²) in [5.41, 5.74) is 2.91. The average molecular weight is 272 g/mol. The van der Waals surface area contributed by atoms with Gasteiger partial charge in [0.15, 0.2) is 0 Å². The van der Waals surface area contributed by atoms with E-state index in [4.69, 9.17) is 0 Å². The van der Waals surface area contributed by atoms with Crippen molar-refractivity contribution in [2.75, 3.05) is 6.54 Å². The highest BCUT2D eigenvalue weighted by Crippen LogP contribution is 2.34. The molecule has 2 aliphatic rings. The van der Waals surface area contributed by atoms with Crippen molar-refractivity contribution in [1.29, 1.82) is 0 Å². The summed E-state index contributed by atoms with van der Waals surface area (Å²) < 4.78 is 0. The SMILES string of the molecule is CC(NCC1Cc2ccccc21)C(=O)NC1CCCC1. The van der Waals surface area contributed by atoms with Crippen molar-refractivity contribution in [3.63, 3.8) is 0 Å². The molecule has 0 saturated heterocycles. The van der Waals surface area contributed by atoms with E-state index in [0.717, 1.165) is 25.8 Å². The molecule has 0 heterocycles. The second-order valence-corrected chi connectivity index (χ2v) is 6.22. The van der Waals surface area contributed by atoms with Crippen LogP contribution in [-0.2, 0) is 11.2 Å². The minimum absolute atomic E-state index is 0.0941. The summed E-state index contributed by atoms with van der Waals surface area (Å²) >= 11 is 0. The van der Waals surface area contributed by atoms with Crippen molar-refractivity contribution in [3.05, 3.63) is 35.4 Å². The van der Waals surface area contributed by atoms with Crippen molar-refractivity contribution in [1.82, 2.24) is 10.6 Å². The molecule has 0 spiro atoms. The van der Waals surface area contributed by atoms with Crippen LogP contribution in [0.1, 0.15) is 49.7 Å². The number of hydrogen-bond acceptors (Lipinski definition) is 2. The average Bonchev–Trinajstić information content (AvgIpc) is 2.92. The Labute approximate surface area is 121 Å². The van der Waals surface area contributed by atoms with Gasteiger partial charge in [-0.2, -0.15) is 0 Å². The quantitative estimate of drug-likeness (QED) is 0.864. The lowest BCUT2D eigenvalue weighted by Crippen LogP contribution is -2.47. The van der Waals surface area contributed by atoms with Gasteiger partial charge in [0.1, 0.15) is 0 Å². The van der Waals surface area contributed by atoms with E-state index in [1.54, 1.807) is 0 Å². The number of rotatable bonds is 5. The van der Waals surface area contributed by atoms with E-state index in [1.807, 2.05) is 6.92 Å². The van der Waals surface area contributed by atoms with Gasteiger partial charge in [0.05, 0.1) is 6.04 Å². The molecule has 1 aromatic carbocycles. The van der Waals surface area contributed by atoms with Crippen LogP contribution in [0, 0.1) is 0 Å². The van der Waals surface area contributed by atoms with Crippen LogP contribution in [-0.4, -0.2) is 24.5 Å². The number of carbonyl (C=O) groups excluding carboxylic acids is 1. The predicted molar refractivity (Wildman–Crippen MR) is 80.8 cm³/mol. The maximum absolute atomic E-state index is 12.1. The fraction of sp³-hybridized carbons (Fsp3) is 0.588. The van der Waals surface area contributed by atoms with E-state index in [0.29, 0.717) is 12.0 Å². The Morgan fingerprint density at radius 1 is 1.30 bits per heavy atom. The molecule has 20 heavy (non-hydrogen) atoms. The van der Waals surface area contributed by atoms with Crippen LogP contribution >= 0.6 is 0 Å². The fourth-order valence-corrected chi connectivity index (χ4v) is 3.35. The maximum atomic E-state index is 12.1. The minimum Gasteiger partial charge on any atom is -0.352 e. The molecule has 2 N–H and O–H groups in total.